The van der Waals surface area contributed by atoms with E-state index in [1.54, 1.807) is 6.07 Å². The summed E-state index contributed by atoms with van der Waals surface area (Å²) in [7, 11) is 0. The van der Waals surface area contributed by atoms with Crippen molar-refractivity contribution in [1.29, 1.82) is 0 Å². The van der Waals surface area contributed by atoms with Gasteiger partial charge in [-0.15, -0.1) is 0 Å². The van der Waals surface area contributed by atoms with Gasteiger partial charge in [0.15, 0.2) is 5.82 Å². The van der Waals surface area contributed by atoms with Gasteiger partial charge in [-0.3, -0.25) is 5.10 Å². The van der Waals surface area contributed by atoms with Crippen molar-refractivity contribution in [1.82, 2.24) is 10.2 Å². The summed E-state index contributed by atoms with van der Waals surface area (Å²) in [6.45, 7) is 0. The lowest BCUT2D eigenvalue weighted by Gasteiger charge is -2.07. The number of hydrogen-bond acceptors (Lipinski definition) is 2. The summed E-state index contributed by atoms with van der Waals surface area (Å²) in [5.41, 5.74) is 6.19. The molecule has 0 spiro atoms. The number of H-pyrrole nitrogens is 1. The SMILES string of the molecule is Nc1n[nH]c(-c2cc(F)ccc2F)c1-c1ccccc1F. The normalized spacial score (nSPS) is 10.8. The van der Waals surface area contributed by atoms with E-state index in [1.807, 2.05) is 0 Å². The Morgan fingerprint density at radius 2 is 1.62 bits per heavy atom. The molecule has 0 atom stereocenters. The third kappa shape index (κ3) is 2.24. The zero-order valence-corrected chi connectivity index (χ0v) is 10.7. The van der Waals surface area contributed by atoms with Gasteiger partial charge in [0.25, 0.3) is 0 Å². The summed E-state index contributed by atoms with van der Waals surface area (Å²) in [6, 6.07) is 8.90. The summed E-state index contributed by atoms with van der Waals surface area (Å²) in [5.74, 6) is -1.78. The summed E-state index contributed by atoms with van der Waals surface area (Å²) >= 11 is 0. The number of rotatable bonds is 2. The third-order valence-electron chi connectivity index (χ3n) is 3.14. The van der Waals surface area contributed by atoms with Crippen molar-refractivity contribution < 1.29 is 13.2 Å². The molecule has 0 aliphatic carbocycles. The minimum Gasteiger partial charge on any atom is -0.382 e. The molecule has 21 heavy (non-hydrogen) atoms. The van der Waals surface area contributed by atoms with Gasteiger partial charge in [0.05, 0.1) is 11.3 Å². The fourth-order valence-electron chi connectivity index (χ4n) is 2.18. The fourth-order valence-corrected chi connectivity index (χ4v) is 2.18. The highest BCUT2D eigenvalue weighted by atomic mass is 19.1. The summed E-state index contributed by atoms with van der Waals surface area (Å²) in [4.78, 5) is 0. The largest absolute Gasteiger partial charge is 0.382 e. The Morgan fingerprint density at radius 1 is 0.905 bits per heavy atom. The molecule has 6 heteroatoms. The lowest BCUT2D eigenvalue weighted by atomic mass is 10.00. The van der Waals surface area contributed by atoms with Crippen molar-refractivity contribution in [2.75, 3.05) is 5.73 Å². The van der Waals surface area contributed by atoms with Crippen molar-refractivity contribution in [3.05, 3.63) is 59.9 Å². The van der Waals surface area contributed by atoms with Gasteiger partial charge in [-0.1, -0.05) is 18.2 Å². The Labute approximate surface area is 118 Å². The summed E-state index contributed by atoms with van der Waals surface area (Å²) < 4.78 is 41.2. The van der Waals surface area contributed by atoms with Crippen LogP contribution in [-0.2, 0) is 0 Å². The number of aromatic amines is 1. The maximum atomic E-state index is 13.9. The van der Waals surface area contributed by atoms with E-state index in [-0.39, 0.29) is 28.2 Å². The molecule has 0 unspecified atom stereocenters. The molecule has 0 radical (unpaired) electrons. The first-order chi connectivity index (χ1) is 10.1. The smallest absolute Gasteiger partial charge is 0.153 e. The quantitative estimate of drug-likeness (QED) is 0.755. The Kier molecular flexibility index (Phi) is 3.13. The van der Waals surface area contributed by atoms with E-state index in [1.165, 1.54) is 18.2 Å². The Morgan fingerprint density at radius 3 is 2.38 bits per heavy atom. The summed E-state index contributed by atoms with van der Waals surface area (Å²) in [6.07, 6.45) is 0. The van der Waals surface area contributed by atoms with Crippen LogP contribution >= 0.6 is 0 Å². The van der Waals surface area contributed by atoms with Crippen LogP contribution in [-0.4, -0.2) is 10.2 Å². The molecule has 2 aromatic carbocycles. The summed E-state index contributed by atoms with van der Waals surface area (Å²) in [5, 5.41) is 6.31. The van der Waals surface area contributed by atoms with Gasteiger partial charge in [0.2, 0.25) is 0 Å². The molecule has 106 valence electrons. The molecule has 0 fully saturated rings. The predicted octanol–water partition coefficient (Wildman–Crippen LogP) is 3.74. The third-order valence-corrected chi connectivity index (χ3v) is 3.14. The van der Waals surface area contributed by atoms with Crippen molar-refractivity contribution in [2.24, 2.45) is 0 Å². The van der Waals surface area contributed by atoms with Crippen LogP contribution < -0.4 is 5.73 Å². The van der Waals surface area contributed by atoms with Gasteiger partial charge in [-0.25, -0.2) is 13.2 Å². The fraction of sp³-hybridized carbons (Fsp3) is 0. The molecule has 0 aliphatic heterocycles. The monoisotopic (exact) mass is 289 g/mol. The number of nitrogens with zero attached hydrogens (tertiary/aromatic N) is 1. The number of nitrogens with two attached hydrogens (primary N) is 1. The van der Waals surface area contributed by atoms with Crippen LogP contribution in [0.4, 0.5) is 19.0 Å². The number of aromatic nitrogens is 2. The minimum absolute atomic E-state index is 0.0127. The average Bonchev–Trinajstić information content (AvgIpc) is 2.84. The van der Waals surface area contributed by atoms with Crippen LogP contribution in [0.1, 0.15) is 0 Å². The molecular weight excluding hydrogens is 279 g/mol. The first kappa shape index (κ1) is 13.2. The number of hydrogen-bond donors (Lipinski definition) is 2. The van der Waals surface area contributed by atoms with Gasteiger partial charge in [0, 0.05) is 11.1 Å². The van der Waals surface area contributed by atoms with Crippen LogP contribution in [0.15, 0.2) is 42.5 Å². The number of anilines is 1. The molecule has 3 aromatic rings. The minimum atomic E-state index is -0.655. The number of nitrogens with one attached hydrogen (secondary N) is 1. The second-order valence-corrected chi connectivity index (χ2v) is 4.46. The highest BCUT2D eigenvalue weighted by molar-refractivity contribution is 5.88. The van der Waals surface area contributed by atoms with Crippen LogP contribution in [0.2, 0.25) is 0 Å². The van der Waals surface area contributed by atoms with E-state index >= 15 is 0 Å². The molecule has 3 nitrogen and oxygen atoms in total. The standard InChI is InChI=1S/C15H10F3N3/c16-8-5-6-12(18)10(7-8)14-13(15(19)21-20-14)9-3-1-2-4-11(9)17/h1-7H,(H3,19,20,21). The maximum absolute atomic E-state index is 13.9. The first-order valence-electron chi connectivity index (χ1n) is 6.12. The zero-order valence-electron chi connectivity index (χ0n) is 10.7. The lowest BCUT2D eigenvalue weighted by Crippen LogP contribution is -1.93. The molecule has 1 heterocycles. The van der Waals surface area contributed by atoms with E-state index in [9.17, 15) is 13.2 Å². The van der Waals surface area contributed by atoms with Crippen LogP contribution in [0, 0.1) is 17.5 Å². The van der Waals surface area contributed by atoms with Gasteiger partial charge in [-0.05, 0) is 24.3 Å². The van der Waals surface area contributed by atoms with Crippen molar-refractivity contribution in [3.8, 4) is 22.4 Å². The Balaban J connectivity index is 2.27. The molecule has 0 bridgehead atoms. The van der Waals surface area contributed by atoms with Gasteiger partial charge >= 0.3 is 0 Å². The van der Waals surface area contributed by atoms with Crippen LogP contribution in [0.5, 0.6) is 0 Å². The maximum Gasteiger partial charge on any atom is 0.153 e. The highest BCUT2D eigenvalue weighted by Crippen LogP contribution is 2.37. The van der Waals surface area contributed by atoms with Crippen molar-refractivity contribution in [2.45, 2.75) is 0 Å². The molecule has 0 saturated heterocycles. The Hall–Kier alpha value is -2.76. The second kappa shape index (κ2) is 4.97. The topological polar surface area (TPSA) is 54.7 Å². The van der Waals surface area contributed by atoms with Crippen LogP contribution in [0.25, 0.3) is 22.4 Å². The number of benzene rings is 2. The van der Waals surface area contributed by atoms with E-state index in [0.29, 0.717) is 0 Å². The Bertz CT molecular complexity index is 812. The van der Waals surface area contributed by atoms with Gasteiger partial charge in [0.1, 0.15) is 17.5 Å². The molecule has 1 aromatic heterocycles. The molecular formula is C15H10F3N3. The second-order valence-electron chi connectivity index (χ2n) is 4.46. The zero-order chi connectivity index (χ0) is 15.0. The van der Waals surface area contributed by atoms with E-state index < -0.39 is 17.5 Å². The number of halogens is 3. The van der Waals surface area contributed by atoms with Gasteiger partial charge in [-0.2, -0.15) is 5.10 Å². The van der Waals surface area contributed by atoms with Crippen molar-refractivity contribution >= 4 is 5.82 Å². The number of nitrogen functional groups attached to an aromatic ring is 1. The molecule has 3 N–H and O–H groups in total. The van der Waals surface area contributed by atoms with Crippen LogP contribution in [0.3, 0.4) is 0 Å². The molecule has 3 rings (SSSR count). The van der Waals surface area contributed by atoms with Crippen molar-refractivity contribution in [3.63, 3.8) is 0 Å². The van der Waals surface area contributed by atoms with E-state index in [2.05, 4.69) is 10.2 Å². The van der Waals surface area contributed by atoms with E-state index in [0.717, 1.165) is 18.2 Å². The lowest BCUT2D eigenvalue weighted by molar-refractivity contribution is 0.602. The molecule has 0 aliphatic rings. The van der Waals surface area contributed by atoms with Gasteiger partial charge < -0.3 is 5.73 Å². The highest BCUT2D eigenvalue weighted by Gasteiger charge is 2.20. The molecule has 0 saturated carbocycles. The average molecular weight is 289 g/mol. The first-order valence-corrected chi connectivity index (χ1v) is 6.12. The molecule has 0 amide bonds. The predicted molar refractivity (Wildman–Crippen MR) is 73.7 cm³/mol. The van der Waals surface area contributed by atoms with E-state index in [4.69, 9.17) is 5.73 Å².